The van der Waals surface area contributed by atoms with Crippen LogP contribution in [0.4, 0.5) is 5.82 Å². The molecular formula is C22H15ClN4O3S. The summed E-state index contributed by atoms with van der Waals surface area (Å²) in [5.41, 5.74) is 2.82. The minimum atomic E-state index is -0.525. The van der Waals surface area contributed by atoms with E-state index in [0.717, 1.165) is 20.8 Å². The Morgan fingerprint density at radius 2 is 2.03 bits per heavy atom. The number of aryl methyl sites for hydroxylation is 1. The van der Waals surface area contributed by atoms with Crippen molar-refractivity contribution in [3.8, 4) is 10.6 Å². The number of nitrogens with one attached hydrogen (secondary N) is 1. The molecule has 0 aliphatic rings. The number of pyridine rings is 1. The lowest BCUT2D eigenvalue weighted by Crippen LogP contribution is -2.20. The maximum atomic E-state index is 12.4. The maximum absolute atomic E-state index is 12.4. The van der Waals surface area contributed by atoms with Crippen LogP contribution in [0.1, 0.15) is 6.42 Å². The van der Waals surface area contributed by atoms with E-state index in [4.69, 9.17) is 16.0 Å². The molecule has 5 rings (SSSR count). The third-order valence-electron chi connectivity index (χ3n) is 4.76. The van der Waals surface area contributed by atoms with Gasteiger partial charge in [0.1, 0.15) is 10.8 Å². The normalized spacial score (nSPS) is 11.3. The molecule has 7 nitrogen and oxygen atoms in total. The lowest BCUT2D eigenvalue weighted by molar-refractivity contribution is -0.116. The number of hydrogen-bond donors (Lipinski definition) is 1. The van der Waals surface area contributed by atoms with Crippen molar-refractivity contribution in [2.24, 2.45) is 0 Å². The van der Waals surface area contributed by atoms with Gasteiger partial charge in [0.25, 0.3) is 0 Å². The standard InChI is InChI=1S/C22H15ClN4O3S/c23-14-6-7-16-17(11-14)30-22(29)27(16)10-9-20(28)26-19-8-5-13(12-24-19)21-25-15-3-1-2-4-18(15)31-21/h1-8,11-12H,9-10H2,(H,24,26,28). The van der Waals surface area contributed by atoms with E-state index >= 15 is 0 Å². The zero-order chi connectivity index (χ0) is 21.4. The monoisotopic (exact) mass is 450 g/mol. The summed E-state index contributed by atoms with van der Waals surface area (Å²) in [5.74, 6) is -0.343. The second-order valence-corrected chi connectivity index (χ2v) is 8.32. The second-order valence-electron chi connectivity index (χ2n) is 6.85. The molecule has 0 saturated carbocycles. The van der Waals surface area contributed by atoms with Gasteiger partial charge in [-0.2, -0.15) is 0 Å². The lowest BCUT2D eigenvalue weighted by Gasteiger charge is -2.05. The Kier molecular flexibility index (Phi) is 5.01. The van der Waals surface area contributed by atoms with Gasteiger partial charge in [-0.25, -0.2) is 14.8 Å². The fourth-order valence-corrected chi connectivity index (χ4v) is 4.38. The minimum absolute atomic E-state index is 0.0957. The van der Waals surface area contributed by atoms with Crippen LogP contribution < -0.4 is 11.1 Å². The Morgan fingerprint density at radius 1 is 1.16 bits per heavy atom. The number of anilines is 1. The number of thiazole rings is 1. The van der Waals surface area contributed by atoms with Gasteiger partial charge in [-0.05, 0) is 36.4 Å². The number of para-hydroxylation sites is 1. The molecular weight excluding hydrogens is 436 g/mol. The summed E-state index contributed by atoms with van der Waals surface area (Å²) >= 11 is 7.51. The molecule has 0 aliphatic carbocycles. The first-order valence-corrected chi connectivity index (χ1v) is 10.7. The third kappa shape index (κ3) is 3.95. The van der Waals surface area contributed by atoms with Crippen LogP contribution in [-0.4, -0.2) is 20.4 Å². The van der Waals surface area contributed by atoms with Crippen LogP contribution in [-0.2, 0) is 11.3 Å². The fourth-order valence-electron chi connectivity index (χ4n) is 3.26. The Balaban J connectivity index is 1.26. The number of benzene rings is 2. The number of fused-ring (bicyclic) bond motifs is 2. The number of carbonyl (C=O) groups is 1. The Bertz CT molecular complexity index is 1440. The van der Waals surface area contributed by atoms with E-state index in [-0.39, 0.29) is 18.9 Å². The molecule has 0 atom stereocenters. The van der Waals surface area contributed by atoms with Gasteiger partial charge >= 0.3 is 5.76 Å². The highest BCUT2D eigenvalue weighted by molar-refractivity contribution is 7.21. The van der Waals surface area contributed by atoms with Gasteiger partial charge in [0.05, 0.1) is 15.7 Å². The Morgan fingerprint density at radius 3 is 2.84 bits per heavy atom. The number of halogens is 1. The smallest absolute Gasteiger partial charge is 0.408 e. The second kappa shape index (κ2) is 7.98. The molecule has 0 fully saturated rings. The molecule has 3 heterocycles. The first kappa shape index (κ1) is 19.5. The zero-order valence-electron chi connectivity index (χ0n) is 16.0. The topological polar surface area (TPSA) is 90.0 Å². The number of aromatic nitrogens is 3. The highest BCUT2D eigenvalue weighted by atomic mass is 35.5. The summed E-state index contributed by atoms with van der Waals surface area (Å²) < 4.78 is 7.70. The first-order valence-electron chi connectivity index (χ1n) is 9.47. The van der Waals surface area contributed by atoms with Crippen LogP contribution in [0.3, 0.4) is 0 Å². The highest BCUT2D eigenvalue weighted by Crippen LogP contribution is 2.29. The summed E-state index contributed by atoms with van der Waals surface area (Å²) in [5, 5.41) is 4.10. The number of amides is 1. The predicted octanol–water partition coefficient (Wildman–Crippen LogP) is 4.95. The number of rotatable bonds is 5. The van der Waals surface area contributed by atoms with E-state index in [1.807, 2.05) is 30.3 Å². The van der Waals surface area contributed by atoms with E-state index in [1.165, 1.54) is 4.57 Å². The third-order valence-corrected chi connectivity index (χ3v) is 6.09. The number of hydrogen-bond acceptors (Lipinski definition) is 6. The van der Waals surface area contributed by atoms with E-state index in [1.54, 1.807) is 41.8 Å². The molecule has 0 radical (unpaired) electrons. The van der Waals surface area contributed by atoms with Crippen molar-refractivity contribution in [3.05, 3.63) is 76.4 Å². The van der Waals surface area contributed by atoms with Crippen LogP contribution in [0.25, 0.3) is 31.9 Å². The molecule has 31 heavy (non-hydrogen) atoms. The number of carbonyl (C=O) groups excluding carboxylic acids is 1. The molecule has 2 aromatic carbocycles. The fraction of sp³-hybridized carbons (Fsp3) is 0.0909. The van der Waals surface area contributed by atoms with E-state index < -0.39 is 5.76 Å². The molecule has 0 saturated heterocycles. The molecule has 9 heteroatoms. The molecule has 154 valence electrons. The van der Waals surface area contributed by atoms with Gasteiger partial charge in [-0.3, -0.25) is 9.36 Å². The van der Waals surface area contributed by atoms with Gasteiger partial charge in [-0.1, -0.05) is 23.7 Å². The molecule has 0 aliphatic heterocycles. The predicted molar refractivity (Wildman–Crippen MR) is 122 cm³/mol. The quantitative estimate of drug-likeness (QED) is 0.409. The van der Waals surface area contributed by atoms with Crippen molar-refractivity contribution in [2.45, 2.75) is 13.0 Å². The largest absolute Gasteiger partial charge is 0.419 e. The zero-order valence-corrected chi connectivity index (χ0v) is 17.6. The van der Waals surface area contributed by atoms with Gasteiger partial charge < -0.3 is 9.73 Å². The van der Waals surface area contributed by atoms with Gasteiger partial charge in [0, 0.05) is 35.8 Å². The summed E-state index contributed by atoms with van der Waals surface area (Å²) in [6, 6.07) is 16.5. The molecule has 0 spiro atoms. The Hall–Kier alpha value is -3.49. The molecule has 0 unspecified atom stereocenters. The van der Waals surface area contributed by atoms with Crippen LogP contribution >= 0.6 is 22.9 Å². The van der Waals surface area contributed by atoms with Crippen molar-refractivity contribution < 1.29 is 9.21 Å². The lowest BCUT2D eigenvalue weighted by atomic mass is 10.3. The molecule has 1 N–H and O–H groups in total. The number of nitrogens with zero attached hydrogens (tertiary/aromatic N) is 3. The SMILES string of the molecule is O=C(CCn1c(=O)oc2cc(Cl)ccc21)Nc1ccc(-c2nc3ccccc3s2)cn1. The van der Waals surface area contributed by atoms with E-state index in [0.29, 0.717) is 21.9 Å². The van der Waals surface area contributed by atoms with Crippen LogP contribution in [0, 0.1) is 0 Å². The number of oxazole rings is 1. The van der Waals surface area contributed by atoms with E-state index in [2.05, 4.69) is 15.3 Å². The van der Waals surface area contributed by atoms with E-state index in [9.17, 15) is 9.59 Å². The maximum Gasteiger partial charge on any atom is 0.419 e. The average Bonchev–Trinajstić information content (AvgIpc) is 3.32. The molecule has 1 amide bonds. The van der Waals surface area contributed by atoms with Gasteiger partial charge in [0.2, 0.25) is 5.91 Å². The summed E-state index contributed by atoms with van der Waals surface area (Å²) in [6.45, 7) is 0.184. The highest BCUT2D eigenvalue weighted by Gasteiger charge is 2.12. The minimum Gasteiger partial charge on any atom is -0.408 e. The summed E-state index contributed by atoms with van der Waals surface area (Å²) in [6.07, 6.45) is 1.78. The Labute approximate surface area is 184 Å². The molecule has 0 bridgehead atoms. The molecule has 5 aromatic rings. The van der Waals surface area contributed by atoms with Crippen LogP contribution in [0.15, 0.2) is 70.0 Å². The van der Waals surface area contributed by atoms with Crippen molar-refractivity contribution in [2.75, 3.05) is 5.32 Å². The summed E-state index contributed by atoms with van der Waals surface area (Å²) in [7, 11) is 0. The average molecular weight is 451 g/mol. The van der Waals surface area contributed by atoms with Gasteiger partial charge in [0.15, 0.2) is 5.58 Å². The molecule has 3 aromatic heterocycles. The van der Waals surface area contributed by atoms with Crippen LogP contribution in [0.5, 0.6) is 0 Å². The van der Waals surface area contributed by atoms with Crippen molar-refractivity contribution in [1.82, 2.24) is 14.5 Å². The van der Waals surface area contributed by atoms with Crippen LogP contribution in [0.2, 0.25) is 5.02 Å². The van der Waals surface area contributed by atoms with Crippen molar-refractivity contribution in [3.63, 3.8) is 0 Å². The summed E-state index contributed by atoms with van der Waals surface area (Å²) in [4.78, 5) is 33.3. The van der Waals surface area contributed by atoms with Gasteiger partial charge in [-0.15, -0.1) is 11.3 Å². The first-order chi connectivity index (χ1) is 15.1. The van der Waals surface area contributed by atoms with Crippen molar-refractivity contribution in [1.29, 1.82) is 0 Å². The van der Waals surface area contributed by atoms with Crippen molar-refractivity contribution >= 4 is 56.0 Å².